The van der Waals surface area contributed by atoms with E-state index in [9.17, 15) is 0 Å². The topological polar surface area (TPSA) is 52.0 Å². The molecule has 1 aliphatic heterocycles. The van der Waals surface area contributed by atoms with E-state index in [0.29, 0.717) is 5.92 Å². The molecular weight excluding hydrogens is 228 g/mol. The zero-order valence-corrected chi connectivity index (χ0v) is 10.6. The quantitative estimate of drug-likeness (QED) is 0.878. The Morgan fingerprint density at radius 3 is 3.00 bits per heavy atom. The van der Waals surface area contributed by atoms with Crippen LogP contribution >= 0.6 is 0 Å². The fourth-order valence-corrected chi connectivity index (χ4v) is 2.28. The Morgan fingerprint density at radius 2 is 2.17 bits per heavy atom. The first kappa shape index (κ1) is 11.1. The van der Waals surface area contributed by atoms with Gasteiger partial charge in [-0.25, -0.2) is 0 Å². The summed E-state index contributed by atoms with van der Waals surface area (Å²) in [6.45, 7) is 4.09. The van der Waals surface area contributed by atoms with Crippen LogP contribution in [-0.2, 0) is 6.54 Å². The fourth-order valence-electron chi connectivity index (χ4n) is 2.28. The van der Waals surface area contributed by atoms with E-state index in [1.54, 1.807) is 7.11 Å². The summed E-state index contributed by atoms with van der Waals surface area (Å²) in [5.41, 5.74) is 0.981. The highest BCUT2D eigenvalue weighted by atomic mass is 16.5. The monoisotopic (exact) mass is 244 g/mol. The number of benzene rings is 1. The fraction of sp³-hybridized carbons (Fsp3) is 0.385. The summed E-state index contributed by atoms with van der Waals surface area (Å²) in [5, 5.41) is 11.8. The van der Waals surface area contributed by atoms with Crippen LogP contribution in [0.15, 0.2) is 24.3 Å². The Kier molecular flexibility index (Phi) is 2.66. The summed E-state index contributed by atoms with van der Waals surface area (Å²) in [7, 11) is 1.67. The third kappa shape index (κ3) is 1.72. The van der Waals surface area contributed by atoms with Crippen molar-refractivity contribution >= 4 is 5.95 Å². The van der Waals surface area contributed by atoms with Gasteiger partial charge in [-0.3, -0.25) is 4.57 Å². The highest BCUT2D eigenvalue weighted by Crippen LogP contribution is 2.31. The van der Waals surface area contributed by atoms with E-state index in [1.165, 1.54) is 0 Å². The van der Waals surface area contributed by atoms with Gasteiger partial charge < -0.3 is 10.1 Å². The van der Waals surface area contributed by atoms with Gasteiger partial charge in [0.1, 0.15) is 5.75 Å². The zero-order valence-electron chi connectivity index (χ0n) is 10.6. The third-order valence-corrected chi connectivity index (χ3v) is 3.20. The predicted molar refractivity (Wildman–Crippen MR) is 69.7 cm³/mol. The van der Waals surface area contributed by atoms with E-state index in [1.807, 2.05) is 24.3 Å². The van der Waals surface area contributed by atoms with Crippen LogP contribution in [0.3, 0.4) is 0 Å². The maximum Gasteiger partial charge on any atom is 0.224 e. The van der Waals surface area contributed by atoms with Gasteiger partial charge in [-0.1, -0.05) is 19.1 Å². The van der Waals surface area contributed by atoms with E-state index in [4.69, 9.17) is 4.74 Å². The average Bonchev–Trinajstić information content (AvgIpc) is 2.81. The lowest BCUT2D eigenvalue weighted by Gasteiger charge is -2.22. The molecule has 18 heavy (non-hydrogen) atoms. The number of anilines is 1. The standard InChI is InChI=1S/C13H16N4O/c1-9-7-14-13-16-15-12(17(13)8-9)10-5-3-4-6-11(10)18-2/h3-6,9H,7-8H2,1-2H3,(H,14,16). The largest absolute Gasteiger partial charge is 0.496 e. The van der Waals surface area contributed by atoms with Crippen molar-refractivity contribution in [2.45, 2.75) is 13.5 Å². The molecule has 0 bridgehead atoms. The van der Waals surface area contributed by atoms with Crippen LogP contribution in [0.1, 0.15) is 6.92 Å². The van der Waals surface area contributed by atoms with Crippen molar-refractivity contribution < 1.29 is 4.74 Å². The first-order valence-electron chi connectivity index (χ1n) is 6.10. The molecule has 2 heterocycles. The number of methoxy groups -OCH3 is 1. The first-order chi connectivity index (χ1) is 8.79. The number of ether oxygens (including phenoxy) is 1. The van der Waals surface area contributed by atoms with Crippen LogP contribution in [0.2, 0.25) is 0 Å². The van der Waals surface area contributed by atoms with Crippen molar-refractivity contribution in [1.29, 1.82) is 0 Å². The normalized spacial score (nSPS) is 18.0. The van der Waals surface area contributed by atoms with Crippen molar-refractivity contribution in [3.63, 3.8) is 0 Å². The molecule has 1 atom stereocenters. The third-order valence-electron chi connectivity index (χ3n) is 3.20. The maximum atomic E-state index is 5.39. The number of para-hydroxylation sites is 1. The summed E-state index contributed by atoms with van der Waals surface area (Å²) in [5.74, 6) is 3.10. The highest BCUT2D eigenvalue weighted by Gasteiger charge is 2.21. The summed E-state index contributed by atoms with van der Waals surface area (Å²) in [6, 6.07) is 7.89. The summed E-state index contributed by atoms with van der Waals surface area (Å²) >= 11 is 0. The molecule has 5 heteroatoms. The van der Waals surface area contributed by atoms with Crippen LogP contribution in [0.5, 0.6) is 5.75 Å². The van der Waals surface area contributed by atoms with Crippen LogP contribution < -0.4 is 10.1 Å². The van der Waals surface area contributed by atoms with Gasteiger partial charge in [-0.2, -0.15) is 0 Å². The molecule has 1 N–H and O–H groups in total. The molecule has 5 nitrogen and oxygen atoms in total. The highest BCUT2D eigenvalue weighted by molar-refractivity contribution is 5.65. The van der Waals surface area contributed by atoms with E-state index < -0.39 is 0 Å². The number of nitrogens with one attached hydrogen (secondary N) is 1. The lowest BCUT2D eigenvalue weighted by molar-refractivity contribution is 0.415. The number of fused-ring (bicyclic) bond motifs is 1. The van der Waals surface area contributed by atoms with Crippen molar-refractivity contribution in [1.82, 2.24) is 14.8 Å². The number of hydrogen-bond acceptors (Lipinski definition) is 4. The van der Waals surface area contributed by atoms with Crippen LogP contribution in [-0.4, -0.2) is 28.4 Å². The Hall–Kier alpha value is -2.04. The van der Waals surface area contributed by atoms with Gasteiger partial charge in [0.15, 0.2) is 5.82 Å². The van der Waals surface area contributed by atoms with Gasteiger partial charge in [-0.05, 0) is 18.1 Å². The Labute approximate surface area is 106 Å². The Balaban J connectivity index is 2.10. The molecular formula is C13H16N4O. The second-order valence-corrected chi connectivity index (χ2v) is 4.64. The molecule has 1 aliphatic rings. The van der Waals surface area contributed by atoms with Crippen molar-refractivity contribution in [3.8, 4) is 17.1 Å². The molecule has 0 spiro atoms. The van der Waals surface area contributed by atoms with Crippen molar-refractivity contribution in [3.05, 3.63) is 24.3 Å². The van der Waals surface area contributed by atoms with Gasteiger partial charge in [0.25, 0.3) is 0 Å². The van der Waals surface area contributed by atoms with Crippen LogP contribution in [0.4, 0.5) is 5.95 Å². The predicted octanol–water partition coefficient (Wildman–Crippen LogP) is 2.02. The second kappa shape index (κ2) is 4.33. The maximum absolute atomic E-state index is 5.39. The number of nitrogens with zero attached hydrogens (tertiary/aromatic N) is 3. The molecule has 0 amide bonds. The lowest BCUT2D eigenvalue weighted by Crippen LogP contribution is -2.25. The molecule has 1 aromatic heterocycles. The Morgan fingerprint density at radius 1 is 1.33 bits per heavy atom. The summed E-state index contributed by atoms with van der Waals surface area (Å²) < 4.78 is 7.50. The smallest absolute Gasteiger partial charge is 0.224 e. The van der Waals surface area contributed by atoms with Gasteiger partial charge in [0.2, 0.25) is 5.95 Å². The van der Waals surface area contributed by atoms with Crippen LogP contribution in [0.25, 0.3) is 11.4 Å². The average molecular weight is 244 g/mol. The molecule has 1 unspecified atom stereocenters. The first-order valence-corrected chi connectivity index (χ1v) is 6.10. The molecule has 0 radical (unpaired) electrons. The zero-order chi connectivity index (χ0) is 12.5. The van der Waals surface area contributed by atoms with Gasteiger partial charge in [0, 0.05) is 13.1 Å². The number of hydrogen-bond donors (Lipinski definition) is 1. The van der Waals surface area contributed by atoms with E-state index in [2.05, 4.69) is 27.0 Å². The molecule has 2 aromatic rings. The van der Waals surface area contributed by atoms with Gasteiger partial charge in [0.05, 0.1) is 12.7 Å². The molecule has 0 fully saturated rings. The van der Waals surface area contributed by atoms with Gasteiger partial charge in [-0.15, -0.1) is 10.2 Å². The molecule has 1 aromatic carbocycles. The minimum atomic E-state index is 0.571. The van der Waals surface area contributed by atoms with Crippen LogP contribution in [0, 0.1) is 5.92 Å². The minimum absolute atomic E-state index is 0.571. The lowest BCUT2D eigenvalue weighted by atomic mass is 10.1. The summed E-state index contributed by atoms with van der Waals surface area (Å²) in [4.78, 5) is 0. The SMILES string of the molecule is COc1ccccc1-c1nnc2n1CC(C)CN2. The minimum Gasteiger partial charge on any atom is -0.496 e. The van der Waals surface area contributed by atoms with E-state index in [0.717, 1.165) is 36.2 Å². The number of rotatable bonds is 2. The molecule has 3 rings (SSSR count). The molecule has 94 valence electrons. The molecule has 0 aliphatic carbocycles. The Bertz CT molecular complexity index is 564. The van der Waals surface area contributed by atoms with Crippen molar-refractivity contribution in [2.75, 3.05) is 19.0 Å². The molecule has 0 saturated heterocycles. The molecule has 0 saturated carbocycles. The van der Waals surface area contributed by atoms with Gasteiger partial charge >= 0.3 is 0 Å². The van der Waals surface area contributed by atoms with E-state index >= 15 is 0 Å². The number of aromatic nitrogens is 3. The van der Waals surface area contributed by atoms with E-state index in [-0.39, 0.29) is 0 Å². The second-order valence-electron chi connectivity index (χ2n) is 4.64. The van der Waals surface area contributed by atoms with Crippen molar-refractivity contribution in [2.24, 2.45) is 5.92 Å². The summed E-state index contributed by atoms with van der Waals surface area (Å²) in [6.07, 6.45) is 0.